The van der Waals surface area contributed by atoms with Crippen LogP contribution in [0.3, 0.4) is 0 Å². The Morgan fingerprint density at radius 1 is 1.10 bits per heavy atom. The van der Waals surface area contributed by atoms with Crippen LogP contribution in [0.15, 0.2) is 53.3 Å². The summed E-state index contributed by atoms with van der Waals surface area (Å²) in [5, 5.41) is 6.84. The molecule has 0 aliphatic carbocycles. The smallest absolute Gasteiger partial charge is 0.271 e. The van der Waals surface area contributed by atoms with Crippen molar-refractivity contribution in [1.82, 2.24) is 24.3 Å². The van der Waals surface area contributed by atoms with Gasteiger partial charge in [-0.1, -0.05) is 0 Å². The molecule has 5 rings (SSSR count). The molecule has 208 valence electrons. The predicted octanol–water partition coefficient (Wildman–Crippen LogP) is 3.50. The number of nitrogens with one attached hydrogen (secondary N) is 2. The maximum absolute atomic E-state index is 13.9. The van der Waals surface area contributed by atoms with Crippen molar-refractivity contribution in [2.24, 2.45) is 7.05 Å². The lowest BCUT2D eigenvalue weighted by Gasteiger charge is -2.34. The molecule has 0 spiro atoms. The second-order valence-corrected chi connectivity index (χ2v) is 10.4. The first-order valence-electron chi connectivity index (χ1n) is 13.3. The third-order valence-electron chi connectivity index (χ3n) is 7.38. The molecule has 0 saturated carbocycles. The Balaban J connectivity index is 1.54. The molecule has 0 radical (unpaired) electrons. The summed E-state index contributed by atoms with van der Waals surface area (Å²) >= 11 is 0. The van der Waals surface area contributed by atoms with E-state index in [-0.39, 0.29) is 36.0 Å². The van der Waals surface area contributed by atoms with Crippen LogP contribution in [0.5, 0.6) is 5.75 Å². The van der Waals surface area contributed by atoms with Gasteiger partial charge in [-0.15, -0.1) is 0 Å². The number of benzene rings is 2. The SMILES string of the molecule is CNC(=O)c1ccc(-n2c(NC(C)C)nc3c(c2=O)C[C@@H](C)N(C(=O)c2cc4ccc(OC)cc4n2C)C3)cc1. The average molecular weight is 543 g/mol. The van der Waals surface area contributed by atoms with Gasteiger partial charge in [0.1, 0.15) is 11.4 Å². The Morgan fingerprint density at radius 3 is 2.48 bits per heavy atom. The number of hydrogen-bond acceptors (Lipinski definition) is 6. The number of aromatic nitrogens is 3. The molecule has 1 aliphatic rings. The summed E-state index contributed by atoms with van der Waals surface area (Å²) < 4.78 is 8.79. The van der Waals surface area contributed by atoms with E-state index in [2.05, 4.69) is 10.6 Å². The van der Waals surface area contributed by atoms with E-state index >= 15 is 0 Å². The van der Waals surface area contributed by atoms with Crippen LogP contribution >= 0.6 is 0 Å². The number of hydrogen-bond donors (Lipinski definition) is 2. The molecule has 4 aromatic rings. The van der Waals surface area contributed by atoms with E-state index in [1.54, 1.807) is 47.9 Å². The number of fused-ring (bicyclic) bond motifs is 2. The quantitative estimate of drug-likeness (QED) is 0.386. The van der Waals surface area contributed by atoms with Crippen LogP contribution in [0, 0.1) is 0 Å². The van der Waals surface area contributed by atoms with Gasteiger partial charge in [-0.2, -0.15) is 0 Å². The number of aryl methyl sites for hydroxylation is 1. The Labute approximate surface area is 232 Å². The number of ether oxygens (including phenoxy) is 1. The van der Waals surface area contributed by atoms with Gasteiger partial charge < -0.3 is 24.8 Å². The molecular weight excluding hydrogens is 508 g/mol. The molecule has 2 aromatic heterocycles. The van der Waals surface area contributed by atoms with Gasteiger partial charge >= 0.3 is 0 Å². The van der Waals surface area contributed by atoms with E-state index in [1.165, 1.54) is 0 Å². The molecule has 0 saturated heterocycles. The monoisotopic (exact) mass is 542 g/mol. The van der Waals surface area contributed by atoms with Gasteiger partial charge in [0.05, 0.1) is 30.6 Å². The highest BCUT2D eigenvalue weighted by molar-refractivity contribution is 5.99. The van der Waals surface area contributed by atoms with Crippen LogP contribution in [0.25, 0.3) is 16.6 Å². The number of carbonyl (C=O) groups excluding carboxylic acids is 2. The third kappa shape index (κ3) is 4.70. The zero-order chi connectivity index (χ0) is 28.7. The number of anilines is 1. The van der Waals surface area contributed by atoms with Crippen molar-refractivity contribution in [1.29, 1.82) is 0 Å². The third-order valence-corrected chi connectivity index (χ3v) is 7.38. The van der Waals surface area contributed by atoms with Gasteiger partial charge in [-0.25, -0.2) is 9.55 Å². The maximum atomic E-state index is 13.9. The van der Waals surface area contributed by atoms with Gasteiger partial charge in [0.15, 0.2) is 0 Å². The van der Waals surface area contributed by atoms with Gasteiger partial charge in [0.25, 0.3) is 17.4 Å². The zero-order valence-electron chi connectivity index (χ0n) is 23.6. The summed E-state index contributed by atoms with van der Waals surface area (Å²) in [6.45, 7) is 6.11. The van der Waals surface area contributed by atoms with Gasteiger partial charge in [0.2, 0.25) is 5.95 Å². The molecule has 1 aliphatic heterocycles. The van der Waals surface area contributed by atoms with E-state index in [4.69, 9.17) is 9.72 Å². The molecule has 1 atom stereocenters. The van der Waals surface area contributed by atoms with Crippen molar-refractivity contribution >= 4 is 28.7 Å². The zero-order valence-corrected chi connectivity index (χ0v) is 23.6. The maximum Gasteiger partial charge on any atom is 0.271 e. The Kier molecular flexibility index (Phi) is 7.10. The number of methoxy groups -OCH3 is 1. The normalized spacial score (nSPS) is 14.8. The van der Waals surface area contributed by atoms with E-state index in [1.807, 2.05) is 56.7 Å². The summed E-state index contributed by atoms with van der Waals surface area (Å²) in [5.74, 6) is 0.795. The van der Waals surface area contributed by atoms with Gasteiger partial charge in [-0.05, 0) is 69.7 Å². The number of carbonyl (C=O) groups is 2. The van der Waals surface area contributed by atoms with Crippen molar-refractivity contribution in [3.05, 3.63) is 81.4 Å². The van der Waals surface area contributed by atoms with Gasteiger partial charge in [0, 0.05) is 48.8 Å². The van der Waals surface area contributed by atoms with Crippen molar-refractivity contribution in [2.75, 3.05) is 19.5 Å². The second-order valence-electron chi connectivity index (χ2n) is 10.4. The topological polar surface area (TPSA) is 110 Å². The standard InChI is InChI=1S/C30H34N6O4/c1-17(2)32-30-33-24-16-35(29(39)26-14-20-9-12-22(40-6)15-25(20)34(26)5)18(3)13-23(24)28(38)36(30)21-10-7-19(8-11-21)27(37)31-4/h7-12,14-15,17-18H,13,16H2,1-6H3,(H,31,37)(H,32,33)/t18-/m1/s1. The molecule has 0 unspecified atom stereocenters. The van der Waals surface area contributed by atoms with Crippen LogP contribution < -0.4 is 20.9 Å². The number of nitrogens with zero attached hydrogens (tertiary/aromatic N) is 4. The first kappa shape index (κ1) is 27.0. The summed E-state index contributed by atoms with van der Waals surface area (Å²) in [6, 6.07) is 14.3. The van der Waals surface area contributed by atoms with Crippen LogP contribution in [-0.4, -0.2) is 57.1 Å². The van der Waals surface area contributed by atoms with Crippen LogP contribution in [0.4, 0.5) is 5.95 Å². The molecule has 10 heteroatoms. The van der Waals surface area contributed by atoms with Crippen molar-refractivity contribution < 1.29 is 14.3 Å². The average Bonchev–Trinajstić information content (AvgIpc) is 3.27. The lowest BCUT2D eigenvalue weighted by atomic mass is 9.99. The fourth-order valence-corrected chi connectivity index (χ4v) is 5.22. The lowest BCUT2D eigenvalue weighted by molar-refractivity contribution is 0.0643. The fraction of sp³-hybridized carbons (Fsp3) is 0.333. The van der Waals surface area contributed by atoms with E-state index in [0.29, 0.717) is 40.6 Å². The molecular formula is C30H34N6O4. The molecule has 2 amide bonds. The summed E-state index contributed by atoms with van der Waals surface area (Å²) in [5.41, 5.74) is 3.55. The van der Waals surface area contributed by atoms with Crippen LogP contribution in [0.2, 0.25) is 0 Å². The molecule has 0 bridgehead atoms. The van der Waals surface area contributed by atoms with Crippen LogP contribution in [-0.2, 0) is 20.0 Å². The van der Waals surface area contributed by atoms with Crippen molar-refractivity contribution in [2.45, 2.75) is 45.8 Å². The minimum absolute atomic E-state index is 0.00869. The van der Waals surface area contributed by atoms with E-state index in [0.717, 1.165) is 16.7 Å². The summed E-state index contributed by atoms with van der Waals surface area (Å²) in [6.07, 6.45) is 0.378. The van der Waals surface area contributed by atoms with Crippen LogP contribution in [0.1, 0.15) is 52.9 Å². The Bertz CT molecular complexity index is 1670. The molecule has 40 heavy (non-hydrogen) atoms. The second kappa shape index (κ2) is 10.5. The summed E-state index contributed by atoms with van der Waals surface area (Å²) in [7, 11) is 5.06. The first-order chi connectivity index (χ1) is 19.1. The van der Waals surface area contributed by atoms with Crippen molar-refractivity contribution in [3.8, 4) is 11.4 Å². The molecule has 3 heterocycles. The number of rotatable bonds is 6. The Morgan fingerprint density at radius 2 is 1.82 bits per heavy atom. The first-order valence-corrected chi connectivity index (χ1v) is 13.3. The molecule has 10 nitrogen and oxygen atoms in total. The minimum atomic E-state index is -0.213. The minimum Gasteiger partial charge on any atom is -0.497 e. The summed E-state index contributed by atoms with van der Waals surface area (Å²) in [4.78, 5) is 46.4. The van der Waals surface area contributed by atoms with E-state index < -0.39 is 0 Å². The molecule has 2 N–H and O–H groups in total. The predicted molar refractivity (Wildman–Crippen MR) is 154 cm³/mol. The largest absolute Gasteiger partial charge is 0.497 e. The fourth-order valence-electron chi connectivity index (χ4n) is 5.22. The van der Waals surface area contributed by atoms with E-state index in [9.17, 15) is 14.4 Å². The highest BCUT2D eigenvalue weighted by Gasteiger charge is 2.33. The molecule has 2 aromatic carbocycles. The lowest BCUT2D eigenvalue weighted by Crippen LogP contribution is -2.46. The highest BCUT2D eigenvalue weighted by atomic mass is 16.5. The number of amides is 2. The van der Waals surface area contributed by atoms with Gasteiger partial charge in [-0.3, -0.25) is 14.4 Å². The highest BCUT2D eigenvalue weighted by Crippen LogP contribution is 2.28. The Hall–Kier alpha value is -4.60. The van der Waals surface area contributed by atoms with Crippen molar-refractivity contribution in [3.63, 3.8) is 0 Å². The molecule has 0 fully saturated rings.